The lowest BCUT2D eigenvalue weighted by Crippen LogP contribution is -2.33. The van der Waals surface area contributed by atoms with Gasteiger partial charge in [0.15, 0.2) is 0 Å². The molecule has 2 rings (SSSR count). The lowest BCUT2D eigenvalue weighted by atomic mass is 10.1. The molecule has 9 nitrogen and oxygen atoms in total. The van der Waals surface area contributed by atoms with Gasteiger partial charge in [0.25, 0.3) is 5.91 Å². The van der Waals surface area contributed by atoms with E-state index >= 15 is 0 Å². The molecular formula is C16H22N4O5S. The number of methoxy groups -OCH3 is 1. The zero-order valence-corrected chi connectivity index (χ0v) is 15.7. The van der Waals surface area contributed by atoms with Crippen molar-refractivity contribution in [3.63, 3.8) is 0 Å². The van der Waals surface area contributed by atoms with Crippen molar-refractivity contribution in [3.8, 4) is 5.75 Å². The third kappa shape index (κ3) is 4.20. The first kappa shape index (κ1) is 19.9. The number of hydrazone groups is 1. The van der Waals surface area contributed by atoms with E-state index in [1.54, 1.807) is 13.8 Å². The zero-order chi connectivity index (χ0) is 19.3. The predicted octanol–water partition coefficient (Wildman–Crippen LogP) is 0.930. The highest BCUT2D eigenvalue weighted by atomic mass is 32.2. The van der Waals surface area contributed by atoms with Gasteiger partial charge in [0.05, 0.1) is 17.7 Å². The van der Waals surface area contributed by atoms with E-state index in [4.69, 9.17) is 4.74 Å². The molecule has 0 atom stereocenters. The summed E-state index contributed by atoms with van der Waals surface area (Å²) in [6, 6.07) is 4.27. The van der Waals surface area contributed by atoms with Crippen LogP contribution in [0.2, 0.25) is 0 Å². The first-order valence-corrected chi connectivity index (χ1v) is 9.62. The topological polar surface area (TPSA) is 117 Å². The fourth-order valence-corrected chi connectivity index (χ4v) is 3.97. The maximum absolute atomic E-state index is 12.7. The molecule has 0 fully saturated rings. The van der Waals surface area contributed by atoms with Crippen LogP contribution in [0.3, 0.4) is 0 Å². The van der Waals surface area contributed by atoms with Gasteiger partial charge in [0.2, 0.25) is 15.9 Å². The molecule has 2 N–H and O–H groups in total. The Labute approximate surface area is 152 Å². The number of hydrogen-bond acceptors (Lipinski definition) is 6. The summed E-state index contributed by atoms with van der Waals surface area (Å²) in [6.45, 7) is 4.18. The summed E-state index contributed by atoms with van der Waals surface area (Å²) in [7, 11) is -2.26. The molecule has 0 spiro atoms. The number of carbonyl (C=O) groups is 2. The number of sulfonamides is 1. The van der Waals surface area contributed by atoms with Crippen LogP contribution in [0, 0.1) is 0 Å². The van der Waals surface area contributed by atoms with Crippen molar-refractivity contribution in [1.82, 2.24) is 9.73 Å². The zero-order valence-electron chi connectivity index (χ0n) is 14.9. The van der Waals surface area contributed by atoms with Gasteiger partial charge < -0.3 is 10.1 Å². The van der Waals surface area contributed by atoms with Gasteiger partial charge in [-0.1, -0.05) is 13.8 Å². The van der Waals surface area contributed by atoms with E-state index in [0.717, 1.165) is 0 Å². The fourth-order valence-electron chi connectivity index (χ4n) is 2.49. The maximum atomic E-state index is 12.7. The van der Waals surface area contributed by atoms with Crippen molar-refractivity contribution in [3.05, 3.63) is 18.2 Å². The molecule has 0 saturated carbocycles. The van der Waals surface area contributed by atoms with Gasteiger partial charge in [-0.25, -0.2) is 13.8 Å². The molecule has 0 bridgehead atoms. The molecule has 1 aliphatic heterocycles. The van der Waals surface area contributed by atoms with Gasteiger partial charge in [0, 0.05) is 25.9 Å². The van der Waals surface area contributed by atoms with Crippen molar-refractivity contribution >= 4 is 33.2 Å². The van der Waals surface area contributed by atoms with Crippen molar-refractivity contribution < 1.29 is 22.7 Å². The molecular weight excluding hydrogens is 360 g/mol. The van der Waals surface area contributed by atoms with Crippen LogP contribution in [-0.2, 0) is 19.6 Å². The minimum absolute atomic E-state index is 0.0520. The summed E-state index contributed by atoms with van der Waals surface area (Å²) in [5.41, 5.74) is 2.62. The Balaban J connectivity index is 2.33. The predicted molar refractivity (Wildman–Crippen MR) is 96.5 cm³/mol. The third-order valence-electron chi connectivity index (χ3n) is 3.93. The lowest BCUT2D eigenvalue weighted by Gasteiger charge is -2.20. The second kappa shape index (κ2) is 8.28. The summed E-state index contributed by atoms with van der Waals surface area (Å²) in [6.07, 6.45) is 0.372. The second-order valence-electron chi connectivity index (χ2n) is 5.50. The van der Waals surface area contributed by atoms with Crippen molar-refractivity contribution in [2.75, 3.05) is 25.5 Å². The minimum atomic E-state index is -3.68. The standard InChI is InChI=1S/C16H22N4O5S/c1-4-20(5-2)26(23,24)11-6-8-14(25-3)13(10-11)17-16(22)12-7-9-15(21)19-18-12/h6,8,10H,4-5,7,9H2,1-3H3,(H,17,22)(H,19,21). The summed E-state index contributed by atoms with van der Waals surface area (Å²) in [4.78, 5) is 23.5. The summed E-state index contributed by atoms with van der Waals surface area (Å²) < 4.78 is 31.9. The molecule has 10 heteroatoms. The highest BCUT2D eigenvalue weighted by molar-refractivity contribution is 7.89. The van der Waals surface area contributed by atoms with Crippen molar-refractivity contribution in [1.29, 1.82) is 0 Å². The minimum Gasteiger partial charge on any atom is -0.495 e. The summed E-state index contributed by atoms with van der Waals surface area (Å²) >= 11 is 0. The molecule has 26 heavy (non-hydrogen) atoms. The Morgan fingerprint density at radius 1 is 1.31 bits per heavy atom. The fraction of sp³-hybridized carbons (Fsp3) is 0.438. The van der Waals surface area contributed by atoms with E-state index in [0.29, 0.717) is 18.8 Å². The Kier molecular flexibility index (Phi) is 6.32. The van der Waals surface area contributed by atoms with Crippen LogP contribution in [0.5, 0.6) is 5.75 Å². The number of carbonyl (C=O) groups excluding carboxylic acids is 2. The Morgan fingerprint density at radius 2 is 2.00 bits per heavy atom. The molecule has 142 valence electrons. The first-order chi connectivity index (χ1) is 12.3. The first-order valence-electron chi connectivity index (χ1n) is 8.18. The molecule has 1 aromatic rings. The number of nitrogens with one attached hydrogen (secondary N) is 2. The van der Waals surface area contributed by atoms with Crippen LogP contribution < -0.4 is 15.5 Å². The molecule has 1 aromatic carbocycles. The van der Waals surface area contributed by atoms with E-state index in [9.17, 15) is 18.0 Å². The number of ether oxygens (including phenoxy) is 1. The number of anilines is 1. The van der Waals surface area contributed by atoms with Crippen molar-refractivity contribution in [2.45, 2.75) is 31.6 Å². The normalized spacial score (nSPS) is 14.6. The molecule has 0 aliphatic carbocycles. The van der Waals surface area contributed by atoms with Crippen LogP contribution in [-0.4, -0.2) is 50.4 Å². The summed E-state index contributed by atoms with van der Waals surface area (Å²) in [5.74, 6) is -0.468. The van der Waals surface area contributed by atoms with Crippen LogP contribution in [0.15, 0.2) is 28.2 Å². The third-order valence-corrected chi connectivity index (χ3v) is 5.97. The average Bonchev–Trinajstić information content (AvgIpc) is 2.63. The number of amides is 2. The van der Waals surface area contributed by atoms with E-state index in [1.165, 1.54) is 29.6 Å². The van der Waals surface area contributed by atoms with Gasteiger partial charge in [-0.15, -0.1) is 0 Å². The van der Waals surface area contributed by atoms with Crippen molar-refractivity contribution in [2.24, 2.45) is 5.10 Å². The Morgan fingerprint density at radius 3 is 2.54 bits per heavy atom. The summed E-state index contributed by atoms with van der Waals surface area (Å²) in [5, 5.41) is 6.33. The van der Waals surface area contributed by atoms with Gasteiger partial charge in [0.1, 0.15) is 11.5 Å². The van der Waals surface area contributed by atoms with Crippen LogP contribution >= 0.6 is 0 Å². The van der Waals surface area contributed by atoms with Crippen LogP contribution in [0.4, 0.5) is 5.69 Å². The van der Waals surface area contributed by atoms with E-state index in [1.807, 2.05) is 0 Å². The number of rotatable bonds is 7. The molecule has 1 aliphatic rings. The Bertz CT molecular complexity index is 831. The van der Waals surface area contributed by atoms with Crippen LogP contribution in [0.25, 0.3) is 0 Å². The maximum Gasteiger partial charge on any atom is 0.271 e. The second-order valence-corrected chi connectivity index (χ2v) is 7.44. The monoisotopic (exact) mass is 382 g/mol. The largest absolute Gasteiger partial charge is 0.495 e. The van der Waals surface area contributed by atoms with Gasteiger partial charge in [-0.2, -0.15) is 9.41 Å². The highest BCUT2D eigenvalue weighted by Gasteiger charge is 2.24. The van der Waals surface area contributed by atoms with Gasteiger partial charge in [-0.3, -0.25) is 9.59 Å². The van der Waals surface area contributed by atoms with E-state index in [-0.39, 0.29) is 35.0 Å². The molecule has 0 unspecified atom stereocenters. The number of nitrogens with zero attached hydrogens (tertiary/aromatic N) is 2. The molecule has 0 aromatic heterocycles. The van der Waals surface area contributed by atoms with Gasteiger partial charge in [-0.05, 0) is 18.2 Å². The molecule has 1 heterocycles. The SMILES string of the molecule is CCN(CC)S(=O)(=O)c1ccc(OC)c(NC(=O)C2=NNC(=O)CC2)c1. The molecule has 2 amide bonds. The average molecular weight is 382 g/mol. The van der Waals surface area contributed by atoms with E-state index < -0.39 is 15.9 Å². The molecule has 0 saturated heterocycles. The Hall–Kier alpha value is -2.46. The molecule has 0 radical (unpaired) electrons. The number of hydrogen-bond donors (Lipinski definition) is 2. The number of benzene rings is 1. The highest BCUT2D eigenvalue weighted by Crippen LogP contribution is 2.29. The van der Waals surface area contributed by atoms with Gasteiger partial charge >= 0.3 is 0 Å². The van der Waals surface area contributed by atoms with E-state index in [2.05, 4.69) is 15.8 Å². The quantitative estimate of drug-likeness (QED) is 0.727. The van der Waals surface area contributed by atoms with Crippen LogP contribution in [0.1, 0.15) is 26.7 Å². The smallest absolute Gasteiger partial charge is 0.271 e. The lowest BCUT2D eigenvalue weighted by molar-refractivity contribution is -0.121.